The maximum atomic E-state index is 13.0. The van der Waals surface area contributed by atoms with Gasteiger partial charge in [0.2, 0.25) is 0 Å². The summed E-state index contributed by atoms with van der Waals surface area (Å²) >= 11 is 0. The summed E-state index contributed by atoms with van der Waals surface area (Å²) in [6.07, 6.45) is 0.0871. The molecule has 154 valence electrons. The van der Waals surface area contributed by atoms with Crippen LogP contribution in [0.2, 0.25) is 0 Å². The molecule has 1 aliphatic heterocycles. The molecule has 0 unspecified atom stereocenters. The number of hydrogen-bond donors (Lipinski definition) is 1. The lowest BCUT2D eigenvalue weighted by atomic mass is 10.1. The fraction of sp³-hybridized carbons (Fsp3) is 0.391. The zero-order valence-electron chi connectivity index (χ0n) is 17.5. The molecular weight excluding hydrogens is 368 g/mol. The number of nitrogens with one attached hydrogen (secondary N) is 1. The van der Waals surface area contributed by atoms with Gasteiger partial charge < -0.3 is 19.7 Å². The Labute approximate surface area is 171 Å². The minimum Gasteiger partial charge on any atom is -0.483 e. The molecule has 2 aromatic rings. The highest BCUT2D eigenvalue weighted by molar-refractivity contribution is 5.98. The molecule has 0 spiro atoms. The second-order valence-corrected chi connectivity index (χ2v) is 7.39. The normalized spacial score (nSPS) is 15.3. The molecular formula is C23H28N2O4. The molecule has 0 saturated carbocycles. The van der Waals surface area contributed by atoms with Crippen molar-refractivity contribution < 1.29 is 19.1 Å². The van der Waals surface area contributed by atoms with Gasteiger partial charge in [-0.15, -0.1) is 0 Å². The second-order valence-electron chi connectivity index (χ2n) is 7.39. The Hall–Kier alpha value is -3.02. The van der Waals surface area contributed by atoms with E-state index in [4.69, 9.17) is 9.47 Å². The predicted octanol–water partition coefficient (Wildman–Crippen LogP) is 3.31. The van der Waals surface area contributed by atoms with E-state index in [-0.39, 0.29) is 25.0 Å². The first-order chi connectivity index (χ1) is 13.9. The van der Waals surface area contributed by atoms with Gasteiger partial charge in [0.1, 0.15) is 11.5 Å². The minimum absolute atomic E-state index is 0.109. The SMILES string of the molecule is CCCNC(=O)[C@@H]1CN(C(=O)COc2c(C)cc(C)cc2C)c2ccccc2O1. The Morgan fingerprint density at radius 1 is 1.17 bits per heavy atom. The summed E-state index contributed by atoms with van der Waals surface area (Å²) < 4.78 is 11.7. The van der Waals surface area contributed by atoms with Crippen molar-refractivity contribution in [2.45, 2.75) is 40.2 Å². The van der Waals surface area contributed by atoms with E-state index in [1.54, 1.807) is 11.0 Å². The number of hydrogen-bond acceptors (Lipinski definition) is 4. The van der Waals surface area contributed by atoms with Crippen LogP contribution in [0.3, 0.4) is 0 Å². The lowest BCUT2D eigenvalue weighted by Gasteiger charge is -2.34. The fourth-order valence-corrected chi connectivity index (χ4v) is 3.58. The number of nitrogens with zero attached hydrogens (tertiary/aromatic N) is 1. The highest BCUT2D eigenvalue weighted by atomic mass is 16.5. The molecule has 0 aromatic heterocycles. The molecule has 0 fully saturated rings. The van der Waals surface area contributed by atoms with Gasteiger partial charge in [-0.05, 0) is 50.5 Å². The van der Waals surface area contributed by atoms with Crippen LogP contribution in [0.15, 0.2) is 36.4 Å². The van der Waals surface area contributed by atoms with E-state index >= 15 is 0 Å². The van der Waals surface area contributed by atoms with Gasteiger partial charge in [-0.1, -0.05) is 36.8 Å². The van der Waals surface area contributed by atoms with E-state index in [9.17, 15) is 9.59 Å². The van der Waals surface area contributed by atoms with Crippen molar-refractivity contribution in [2.24, 2.45) is 0 Å². The molecule has 6 heteroatoms. The molecule has 6 nitrogen and oxygen atoms in total. The minimum atomic E-state index is -0.747. The van der Waals surface area contributed by atoms with E-state index in [2.05, 4.69) is 5.32 Å². The first-order valence-corrected chi connectivity index (χ1v) is 9.95. The van der Waals surface area contributed by atoms with Crippen molar-refractivity contribution in [1.82, 2.24) is 5.32 Å². The van der Waals surface area contributed by atoms with Gasteiger partial charge in [0, 0.05) is 6.54 Å². The number of fused-ring (bicyclic) bond motifs is 1. The van der Waals surface area contributed by atoms with Crippen LogP contribution in [0.5, 0.6) is 11.5 Å². The zero-order valence-corrected chi connectivity index (χ0v) is 17.5. The first kappa shape index (κ1) is 20.7. The Bertz CT molecular complexity index is 886. The molecule has 1 N–H and O–H groups in total. The topological polar surface area (TPSA) is 67.9 Å². The summed E-state index contributed by atoms with van der Waals surface area (Å²) in [5.74, 6) is 0.813. The number of ether oxygens (including phenoxy) is 2. The van der Waals surface area contributed by atoms with Crippen molar-refractivity contribution in [3.8, 4) is 11.5 Å². The molecule has 0 radical (unpaired) electrons. The summed E-state index contributed by atoms with van der Waals surface area (Å²) in [6, 6.07) is 11.3. The van der Waals surface area contributed by atoms with Crippen molar-refractivity contribution in [2.75, 3.05) is 24.6 Å². The molecule has 29 heavy (non-hydrogen) atoms. The number of amides is 2. The largest absolute Gasteiger partial charge is 0.483 e. The van der Waals surface area contributed by atoms with Crippen LogP contribution in [0, 0.1) is 20.8 Å². The lowest BCUT2D eigenvalue weighted by molar-refractivity contribution is -0.128. The lowest BCUT2D eigenvalue weighted by Crippen LogP contribution is -2.51. The highest BCUT2D eigenvalue weighted by Crippen LogP contribution is 2.33. The summed E-state index contributed by atoms with van der Waals surface area (Å²) in [7, 11) is 0. The smallest absolute Gasteiger partial charge is 0.265 e. The molecule has 0 bridgehead atoms. The van der Waals surface area contributed by atoms with Crippen LogP contribution in [0.1, 0.15) is 30.0 Å². The van der Waals surface area contributed by atoms with Gasteiger partial charge in [-0.25, -0.2) is 0 Å². The number of anilines is 1. The van der Waals surface area contributed by atoms with Gasteiger partial charge in [0.15, 0.2) is 12.7 Å². The molecule has 2 amide bonds. The molecule has 1 atom stereocenters. The number of carbonyl (C=O) groups excluding carboxylic acids is 2. The average molecular weight is 396 g/mol. The Balaban J connectivity index is 1.77. The summed E-state index contributed by atoms with van der Waals surface area (Å²) in [5, 5.41) is 2.84. The quantitative estimate of drug-likeness (QED) is 0.813. The van der Waals surface area contributed by atoms with Crippen molar-refractivity contribution in [1.29, 1.82) is 0 Å². The van der Waals surface area contributed by atoms with Gasteiger partial charge in [-0.3, -0.25) is 9.59 Å². The highest BCUT2D eigenvalue weighted by Gasteiger charge is 2.33. The van der Waals surface area contributed by atoms with Gasteiger partial charge in [0.05, 0.1) is 12.2 Å². The third-order valence-electron chi connectivity index (χ3n) is 4.86. The monoisotopic (exact) mass is 396 g/mol. The summed E-state index contributed by atoms with van der Waals surface area (Å²) in [6.45, 7) is 8.57. The maximum absolute atomic E-state index is 13.0. The molecule has 2 aromatic carbocycles. The van der Waals surface area contributed by atoms with Crippen LogP contribution in [-0.4, -0.2) is 37.6 Å². The van der Waals surface area contributed by atoms with Crippen LogP contribution in [0.4, 0.5) is 5.69 Å². The van der Waals surface area contributed by atoms with Gasteiger partial charge in [-0.2, -0.15) is 0 Å². The van der Waals surface area contributed by atoms with Crippen LogP contribution in [-0.2, 0) is 9.59 Å². The molecule has 0 aliphatic carbocycles. The van der Waals surface area contributed by atoms with Crippen LogP contribution >= 0.6 is 0 Å². The number of para-hydroxylation sites is 2. The van der Waals surface area contributed by atoms with Gasteiger partial charge in [0.25, 0.3) is 11.8 Å². The van der Waals surface area contributed by atoms with Crippen LogP contribution in [0.25, 0.3) is 0 Å². The Kier molecular flexibility index (Phi) is 6.42. The zero-order chi connectivity index (χ0) is 21.0. The summed E-state index contributed by atoms with van der Waals surface area (Å²) in [5.41, 5.74) is 3.80. The number of benzene rings is 2. The van der Waals surface area contributed by atoms with E-state index in [1.165, 1.54) is 0 Å². The van der Waals surface area contributed by atoms with Crippen LogP contribution < -0.4 is 19.7 Å². The maximum Gasteiger partial charge on any atom is 0.265 e. The van der Waals surface area contributed by atoms with E-state index < -0.39 is 6.10 Å². The first-order valence-electron chi connectivity index (χ1n) is 9.95. The van der Waals surface area contributed by atoms with E-state index in [1.807, 2.05) is 58.0 Å². The van der Waals surface area contributed by atoms with Gasteiger partial charge >= 0.3 is 0 Å². The third-order valence-corrected chi connectivity index (χ3v) is 4.86. The number of carbonyl (C=O) groups is 2. The molecule has 3 rings (SSSR count). The summed E-state index contributed by atoms with van der Waals surface area (Å²) in [4.78, 5) is 27.0. The fourth-order valence-electron chi connectivity index (χ4n) is 3.58. The van der Waals surface area contributed by atoms with Crippen molar-refractivity contribution in [3.63, 3.8) is 0 Å². The molecule has 1 aliphatic rings. The Morgan fingerprint density at radius 3 is 2.55 bits per heavy atom. The second kappa shape index (κ2) is 8.99. The number of aryl methyl sites for hydroxylation is 3. The number of rotatable bonds is 6. The molecule has 1 heterocycles. The van der Waals surface area contributed by atoms with Crippen molar-refractivity contribution >= 4 is 17.5 Å². The average Bonchev–Trinajstić information content (AvgIpc) is 2.70. The standard InChI is InChI=1S/C23H28N2O4/c1-5-10-24-23(27)20-13-25(18-8-6-7-9-19(18)29-20)21(26)14-28-22-16(3)11-15(2)12-17(22)4/h6-9,11-12,20H,5,10,13-14H2,1-4H3,(H,24,27)/t20-/m0/s1. The van der Waals surface area contributed by atoms with E-state index in [0.29, 0.717) is 18.0 Å². The third kappa shape index (κ3) is 4.70. The predicted molar refractivity (Wildman–Crippen MR) is 113 cm³/mol. The Morgan fingerprint density at radius 2 is 1.86 bits per heavy atom. The van der Waals surface area contributed by atoms with Crippen molar-refractivity contribution in [3.05, 3.63) is 53.1 Å². The van der Waals surface area contributed by atoms with E-state index in [0.717, 1.165) is 28.9 Å². The molecule has 0 saturated heterocycles.